The average Bonchev–Trinajstić information content (AvgIpc) is 2.74. The molecule has 0 fully saturated rings. The SMILES string of the molecule is Cc1cccc(OP2(=O)Oc3c(cc(Cl)cc3[N+](=O)[O-])C(C(Cl)(Cl)Cl)c3cc(Cl)cc([N+](=O)[O-])c3O2)c1. The number of alkyl halides is 3. The van der Waals surface area contributed by atoms with Crippen molar-refractivity contribution in [3.8, 4) is 17.2 Å². The first-order valence-corrected chi connectivity index (χ1v) is 13.3. The molecular formula is C21H12Cl5N2O8P. The zero-order chi connectivity index (χ0) is 27.3. The van der Waals surface area contributed by atoms with Crippen molar-refractivity contribution in [2.45, 2.75) is 16.6 Å². The van der Waals surface area contributed by atoms with Gasteiger partial charge in [-0.05, 0) is 36.8 Å². The lowest BCUT2D eigenvalue weighted by atomic mass is 9.90. The molecule has 1 aliphatic heterocycles. The van der Waals surface area contributed by atoms with Crippen LogP contribution in [0.1, 0.15) is 22.6 Å². The molecule has 0 saturated heterocycles. The number of fused-ring (bicyclic) bond motifs is 2. The fourth-order valence-corrected chi connectivity index (χ4v) is 6.18. The molecule has 1 heterocycles. The molecule has 0 unspecified atom stereocenters. The average molecular weight is 629 g/mol. The van der Waals surface area contributed by atoms with Gasteiger partial charge in [0.05, 0.1) is 15.8 Å². The largest absolute Gasteiger partial charge is 0.647 e. The molecule has 0 amide bonds. The number of nitro groups is 2. The smallest absolute Gasteiger partial charge is 0.386 e. The molecular weight excluding hydrogens is 616 g/mol. The van der Waals surface area contributed by atoms with Crippen LogP contribution in [-0.4, -0.2) is 13.6 Å². The minimum Gasteiger partial charge on any atom is -0.386 e. The molecule has 3 aromatic rings. The van der Waals surface area contributed by atoms with Crippen molar-refractivity contribution in [2.24, 2.45) is 0 Å². The summed E-state index contributed by atoms with van der Waals surface area (Å²) >= 11 is 31.1. The molecule has 0 bridgehead atoms. The van der Waals surface area contributed by atoms with Gasteiger partial charge in [-0.3, -0.25) is 20.2 Å². The Labute approximate surface area is 233 Å². The fourth-order valence-electron chi connectivity index (χ4n) is 3.70. The molecule has 0 saturated carbocycles. The molecule has 37 heavy (non-hydrogen) atoms. The van der Waals surface area contributed by atoms with Crippen LogP contribution in [0.25, 0.3) is 0 Å². The minimum atomic E-state index is -4.96. The summed E-state index contributed by atoms with van der Waals surface area (Å²) in [6, 6.07) is 10.4. The number of aryl methyl sites for hydroxylation is 1. The van der Waals surface area contributed by atoms with E-state index in [9.17, 15) is 24.8 Å². The first-order valence-electron chi connectivity index (χ1n) is 9.96. The Morgan fingerprint density at radius 1 is 0.892 bits per heavy atom. The number of benzene rings is 3. The normalized spacial score (nSPS) is 18.8. The highest BCUT2D eigenvalue weighted by Gasteiger charge is 2.49. The molecule has 0 N–H and O–H groups in total. The second-order valence-electron chi connectivity index (χ2n) is 7.71. The highest BCUT2D eigenvalue weighted by molar-refractivity contribution is 7.49. The molecule has 10 nitrogen and oxygen atoms in total. The standard InChI is InChI=1S/C21H12Cl5N2O8P/c1-10-3-2-4-13(5-10)34-37(33)35-19-14(6-11(22)8-16(19)27(29)30)18(21(24,25)26)15-7-12(23)9-17(28(31)32)20(15)36-37/h2-9,18H,1H3. The zero-order valence-corrected chi connectivity index (χ0v) is 22.9. The first kappa shape index (κ1) is 27.6. The lowest BCUT2D eigenvalue weighted by Crippen LogP contribution is -2.24. The monoisotopic (exact) mass is 626 g/mol. The number of halogens is 5. The van der Waals surface area contributed by atoms with Gasteiger partial charge in [0.2, 0.25) is 15.3 Å². The Balaban J connectivity index is 2.11. The molecule has 0 aromatic heterocycles. The van der Waals surface area contributed by atoms with E-state index < -0.39 is 50.3 Å². The summed E-state index contributed by atoms with van der Waals surface area (Å²) in [5.41, 5.74) is -1.26. The molecule has 4 rings (SSSR count). The van der Waals surface area contributed by atoms with Gasteiger partial charge in [-0.25, -0.2) is 0 Å². The molecule has 1 aliphatic rings. The second-order valence-corrected chi connectivity index (χ2v) is 12.4. The summed E-state index contributed by atoms with van der Waals surface area (Å²) in [5.74, 6) is -2.83. The fraction of sp³-hybridized carbons (Fsp3) is 0.143. The van der Waals surface area contributed by atoms with Gasteiger partial charge < -0.3 is 13.6 Å². The summed E-state index contributed by atoms with van der Waals surface area (Å²) in [7, 11) is -4.96. The van der Waals surface area contributed by atoms with Crippen LogP contribution in [0.15, 0.2) is 48.5 Å². The van der Waals surface area contributed by atoms with E-state index in [0.717, 1.165) is 12.1 Å². The van der Waals surface area contributed by atoms with Crippen LogP contribution in [0.3, 0.4) is 0 Å². The number of hydrogen-bond donors (Lipinski definition) is 0. The van der Waals surface area contributed by atoms with Crippen LogP contribution in [0, 0.1) is 27.2 Å². The minimum absolute atomic E-state index is 0.0156. The number of hydrogen-bond acceptors (Lipinski definition) is 8. The van der Waals surface area contributed by atoms with Crippen LogP contribution in [0.4, 0.5) is 11.4 Å². The van der Waals surface area contributed by atoms with Crippen molar-refractivity contribution in [2.75, 3.05) is 0 Å². The molecule has 0 atom stereocenters. The summed E-state index contributed by atoms with van der Waals surface area (Å²) < 4.78 is 28.3. The molecule has 0 aliphatic carbocycles. The van der Waals surface area contributed by atoms with Gasteiger partial charge in [-0.2, -0.15) is 4.57 Å². The molecule has 16 heteroatoms. The van der Waals surface area contributed by atoms with Gasteiger partial charge >= 0.3 is 19.2 Å². The van der Waals surface area contributed by atoms with Crippen molar-refractivity contribution >= 4 is 77.2 Å². The van der Waals surface area contributed by atoms with Gasteiger partial charge in [-0.15, -0.1) is 0 Å². The topological polar surface area (TPSA) is 131 Å². The lowest BCUT2D eigenvalue weighted by molar-refractivity contribution is -0.385. The van der Waals surface area contributed by atoms with Gasteiger partial charge in [0, 0.05) is 33.3 Å². The summed E-state index contributed by atoms with van der Waals surface area (Å²) in [5, 5.41) is 23.5. The predicted molar refractivity (Wildman–Crippen MR) is 139 cm³/mol. The first-order chi connectivity index (χ1) is 17.2. The summed E-state index contributed by atoms with van der Waals surface area (Å²) in [6.45, 7) is 1.72. The van der Waals surface area contributed by atoms with Crippen LogP contribution in [-0.2, 0) is 4.57 Å². The van der Waals surface area contributed by atoms with E-state index in [1.165, 1.54) is 24.3 Å². The van der Waals surface area contributed by atoms with E-state index in [0.29, 0.717) is 5.56 Å². The highest BCUT2D eigenvalue weighted by atomic mass is 35.6. The van der Waals surface area contributed by atoms with E-state index in [1.54, 1.807) is 19.1 Å². The summed E-state index contributed by atoms with van der Waals surface area (Å²) in [6.07, 6.45) is 0. The molecule has 0 spiro atoms. The number of nitrogens with zero attached hydrogens (tertiary/aromatic N) is 2. The highest BCUT2D eigenvalue weighted by Crippen LogP contribution is 2.62. The molecule has 194 valence electrons. The Bertz CT molecular complexity index is 1420. The molecule has 0 radical (unpaired) electrons. The Morgan fingerprint density at radius 2 is 1.38 bits per heavy atom. The number of rotatable bonds is 4. The van der Waals surface area contributed by atoms with Crippen molar-refractivity contribution in [1.82, 2.24) is 0 Å². The van der Waals surface area contributed by atoms with Crippen LogP contribution in [0.5, 0.6) is 17.2 Å². The van der Waals surface area contributed by atoms with E-state index >= 15 is 0 Å². The van der Waals surface area contributed by atoms with Gasteiger partial charge in [0.25, 0.3) is 0 Å². The van der Waals surface area contributed by atoms with Crippen LogP contribution in [0.2, 0.25) is 10.0 Å². The lowest BCUT2D eigenvalue weighted by Gasteiger charge is -2.32. The van der Waals surface area contributed by atoms with Gasteiger partial charge in [-0.1, -0.05) is 70.1 Å². The van der Waals surface area contributed by atoms with Crippen molar-refractivity contribution in [1.29, 1.82) is 0 Å². The van der Waals surface area contributed by atoms with Gasteiger partial charge in [0.1, 0.15) is 5.75 Å². The zero-order valence-electron chi connectivity index (χ0n) is 18.2. The third-order valence-electron chi connectivity index (χ3n) is 5.08. The third kappa shape index (κ3) is 5.70. The van der Waals surface area contributed by atoms with Crippen LogP contribution >= 0.6 is 65.8 Å². The quantitative estimate of drug-likeness (QED) is 0.122. The Hall–Kier alpha value is -2.46. The van der Waals surface area contributed by atoms with Crippen molar-refractivity contribution in [3.63, 3.8) is 0 Å². The second kappa shape index (κ2) is 10.0. The maximum atomic E-state index is 14.0. The third-order valence-corrected chi connectivity index (χ3v) is 7.42. The molecule has 3 aromatic carbocycles. The van der Waals surface area contributed by atoms with E-state index in [4.69, 9.17) is 71.6 Å². The van der Waals surface area contributed by atoms with E-state index in [-0.39, 0.29) is 26.9 Å². The van der Waals surface area contributed by atoms with Crippen molar-refractivity contribution < 1.29 is 28.0 Å². The number of phosphoric acid groups is 1. The maximum absolute atomic E-state index is 14.0. The van der Waals surface area contributed by atoms with E-state index in [1.807, 2.05) is 0 Å². The Kier molecular flexibility index (Phi) is 7.47. The van der Waals surface area contributed by atoms with E-state index in [2.05, 4.69) is 0 Å². The Morgan fingerprint density at radius 3 is 1.78 bits per heavy atom. The number of nitro benzene ring substituents is 2. The van der Waals surface area contributed by atoms with Crippen molar-refractivity contribution in [3.05, 3.63) is 95.5 Å². The van der Waals surface area contributed by atoms with Gasteiger partial charge in [0.15, 0.2) is 0 Å². The summed E-state index contributed by atoms with van der Waals surface area (Å²) in [4.78, 5) is 22.1. The number of phosphoric ester groups is 1. The maximum Gasteiger partial charge on any atom is 0.647 e. The van der Waals surface area contributed by atoms with Crippen LogP contribution < -0.4 is 13.6 Å². The predicted octanol–water partition coefficient (Wildman–Crippen LogP) is 8.58.